The van der Waals surface area contributed by atoms with Crippen LogP contribution in [0.3, 0.4) is 0 Å². The minimum absolute atomic E-state index is 0.362. The maximum Gasteiger partial charge on any atom is 0.137 e. The van der Waals surface area contributed by atoms with Gasteiger partial charge in [-0.1, -0.05) is 31.5 Å². The third kappa shape index (κ3) is 4.21. The fraction of sp³-hybridized carbons (Fsp3) is 0.571. The van der Waals surface area contributed by atoms with Crippen molar-refractivity contribution in [2.75, 3.05) is 14.2 Å². The normalized spacial score (nSPS) is 12.8. The zero-order valence-electron chi connectivity index (χ0n) is 11.1. The van der Waals surface area contributed by atoms with Gasteiger partial charge in [-0.15, -0.1) is 0 Å². The van der Waals surface area contributed by atoms with E-state index in [1.54, 1.807) is 7.11 Å². The summed E-state index contributed by atoms with van der Waals surface area (Å²) in [5.74, 6) is 1.45. The van der Waals surface area contributed by atoms with Gasteiger partial charge in [-0.05, 0) is 43.5 Å². The molecule has 1 rings (SSSR count). The first-order chi connectivity index (χ1) is 8.08. The van der Waals surface area contributed by atoms with Crippen molar-refractivity contribution in [2.45, 2.75) is 32.7 Å². The first kappa shape index (κ1) is 14.3. The molecule has 0 radical (unpaired) electrons. The van der Waals surface area contributed by atoms with Crippen molar-refractivity contribution in [1.29, 1.82) is 0 Å². The minimum atomic E-state index is 0.362. The van der Waals surface area contributed by atoms with Gasteiger partial charge in [0.05, 0.1) is 12.1 Å². The Hall–Kier alpha value is -0.730. The van der Waals surface area contributed by atoms with Gasteiger partial charge in [0.15, 0.2) is 0 Å². The van der Waals surface area contributed by atoms with Crippen LogP contribution in [0.5, 0.6) is 5.75 Å². The number of hydrogen-bond acceptors (Lipinski definition) is 2. The third-order valence-electron chi connectivity index (χ3n) is 2.96. The van der Waals surface area contributed by atoms with E-state index < -0.39 is 0 Å². The van der Waals surface area contributed by atoms with Crippen LogP contribution >= 0.6 is 11.6 Å². The highest BCUT2D eigenvalue weighted by atomic mass is 35.5. The van der Waals surface area contributed by atoms with Crippen LogP contribution in [0.4, 0.5) is 0 Å². The van der Waals surface area contributed by atoms with E-state index in [0.717, 1.165) is 18.1 Å². The number of rotatable bonds is 6. The van der Waals surface area contributed by atoms with E-state index in [1.165, 1.54) is 12.0 Å². The number of nitrogens with one attached hydrogen (secondary N) is 1. The second kappa shape index (κ2) is 6.87. The Labute approximate surface area is 109 Å². The lowest BCUT2D eigenvalue weighted by Gasteiger charge is -2.18. The molecule has 2 nitrogen and oxygen atoms in total. The molecule has 1 unspecified atom stereocenters. The quantitative estimate of drug-likeness (QED) is 0.828. The van der Waals surface area contributed by atoms with Crippen molar-refractivity contribution in [3.8, 4) is 5.75 Å². The van der Waals surface area contributed by atoms with Gasteiger partial charge in [-0.3, -0.25) is 0 Å². The predicted octanol–water partition coefficient (Wildman–Crippen LogP) is 4.05. The first-order valence-corrected chi connectivity index (χ1v) is 6.47. The molecular weight excluding hydrogens is 234 g/mol. The number of ether oxygens (including phenoxy) is 1. The minimum Gasteiger partial charge on any atom is -0.495 e. The molecule has 1 atom stereocenters. The van der Waals surface area contributed by atoms with Crippen LogP contribution < -0.4 is 10.1 Å². The highest BCUT2D eigenvalue weighted by Gasteiger charge is 2.12. The van der Waals surface area contributed by atoms with Crippen molar-refractivity contribution in [2.24, 2.45) is 5.92 Å². The molecule has 1 aromatic rings. The van der Waals surface area contributed by atoms with E-state index in [9.17, 15) is 0 Å². The SMILES string of the molecule is CNC(CCC(C)C)c1ccc(OC)c(Cl)c1. The van der Waals surface area contributed by atoms with Crippen LogP contribution in [-0.2, 0) is 0 Å². The Morgan fingerprint density at radius 2 is 2.00 bits per heavy atom. The van der Waals surface area contributed by atoms with Crippen LogP contribution in [0.2, 0.25) is 5.02 Å². The molecule has 17 heavy (non-hydrogen) atoms. The van der Waals surface area contributed by atoms with E-state index in [4.69, 9.17) is 16.3 Å². The van der Waals surface area contributed by atoms with Gasteiger partial charge in [-0.2, -0.15) is 0 Å². The Balaban J connectivity index is 2.78. The lowest BCUT2D eigenvalue weighted by atomic mass is 9.98. The molecule has 0 saturated carbocycles. The summed E-state index contributed by atoms with van der Waals surface area (Å²) in [6.45, 7) is 4.49. The van der Waals surface area contributed by atoms with Crippen LogP contribution in [0.1, 0.15) is 38.3 Å². The highest BCUT2D eigenvalue weighted by molar-refractivity contribution is 6.32. The van der Waals surface area contributed by atoms with Crippen molar-refractivity contribution in [3.63, 3.8) is 0 Å². The number of hydrogen-bond donors (Lipinski definition) is 1. The van der Waals surface area contributed by atoms with Crippen molar-refractivity contribution in [1.82, 2.24) is 5.32 Å². The summed E-state index contributed by atoms with van der Waals surface area (Å²) >= 11 is 6.14. The van der Waals surface area contributed by atoms with Crippen LogP contribution in [0.25, 0.3) is 0 Å². The third-order valence-corrected chi connectivity index (χ3v) is 3.25. The molecule has 0 spiro atoms. The summed E-state index contributed by atoms with van der Waals surface area (Å²) in [7, 11) is 3.62. The molecule has 0 aliphatic carbocycles. The highest BCUT2D eigenvalue weighted by Crippen LogP contribution is 2.29. The molecule has 0 amide bonds. The van der Waals surface area contributed by atoms with E-state index in [1.807, 2.05) is 19.2 Å². The molecule has 0 saturated heterocycles. The zero-order valence-corrected chi connectivity index (χ0v) is 11.8. The van der Waals surface area contributed by atoms with Crippen molar-refractivity contribution >= 4 is 11.6 Å². The molecule has 1 N–H and O–H groups in total. The second-order valence-electron chi connectivity index (χ2n) is 4.71. The Morgan fingerprint density at radius 3 is 2.47 bits per heavy atom. The monoisotopic (exact) mass is 255 g/mol. The van der Waals surface area contributed by atoms with Crippen LogP contribution in [0, 0.1) is 5.92 Å². The lowest BCUT2D eigenvalue weighted by molar-refractivity contribution is 0.414. The maximum atomic E-state index is 6.14. The fourth-order valence-corrected chi connectivity index (χ4v) is 2.14. The molecule has 0 bridgehead atoms. The summed E-state index contributed by atoms with van der Waals surface area (Å²) in [4.78, 5) is 0. The molecule has 0 heterocycles. The van der Waals surface area contributed by atoms with Crippen molar-refractivity contribution < 1.29 is 4.74 Å². The van der Waals surface area contributed by atoms with E-state index in [0.29, 0.717) is 11.1 Å². The van der Waals surface area contributed by atoms with Gasteiger partial charge >= 0.3 is 0 Å². The standard InChI is InChI=1S/C14H22ClNO/c1-10(2)5-7-13(16-3)11-6-8-14(17-4)12(15)9-11/h6,8-10,13,16H,5,7H2,1-4H3. The van der Waals surface area contributed by atoms with E-state index in [-0.39, 0.29) is 0 Å². The lowest BCUT2D eigenvalue weighted by Crippen LogP contribution is -2.17. The Morgan fingerprint density at radius 1 is 1.29 bits per heavy atom. The van der Waals surface area contributed by atoms with Gasteiger partial charge in [0.2, 0.25) is 0 Å². The van der Waals surface area contributed by atoms with Crippen molar-refractivity contribution in [3.05, 3.63) is 28.8 Å². The molecule has 0 aromatic heterocycles. The summed E-state index contributed by atoms with van der Waals surface area (Å²) in [5.41, 5.74) is 1.22. The molecule has 0 fully saturated rings. The predicted molar refractivity (Wildman–Crippen MR) is 73.9 cm³/mol. The molecule has 0 aliphatic rings. The Kier molecular flexibility index (Phi) is 5.79. The van der Waals surface area contributed by atoms with E-state index in [2.05, 4.69) is 25.2 Å². The number of benzene rings is 1. The summed E-state index contributed by atoms with van der Waals surface area (Å²) in [6.07, 6.45) is 2.33. The van der Waals surface area contributed by atoms with Crippen LogP contribution in [0.15, 0.2) is 18.2 Å². The summed E-state index contributed by atoms with van der Waals surface area (Å²) < 4.78 is 5.16. The van der Waals surface area contributed by atoms with Gasteiger partial charge in [0.1, 0.15) is 5.75 Å². The average molecular weight is 256 g/mol. The molecule has 1 aromatic carbocycles. The van der Waals surface area contributed by atoms with Gasteiger partial charge in [-0.25, -0.2) is 0 Å². The van der Waals surface area contributed by atoms with Crippen LogP contribution in [-0.4, -0.2) is 14.2 Å². The topological polar surface area (TPSA) is 21.3 Å². The fourth-order valence-electron chi connectivity index (χ4n) is 1.88. The Bertz CT molecular complexity index is 352. The maximum absolute atomic E-state index is 6.14. The smallest absolute Gasteiger partial charge is 0.137 e. The largest absolute Gasteiger partial charge is 0.495 e. The zero-order chi connectivity index (χ0) is 12.8. The molecule has 3 heteroatoms. The molecule has 0 aliphatic heterocycles. The van der Waals surface area contributed by atoms with Gasteiger partial charge < -0.3 is 10.1 Å². The van der Waals surface area contributed by atoms with Gasteiger partial charge in [0.25, 0.3) is 0 Å². The van der Waals surface area contributed by atoms with Gasteiger partial charge in [0, 0.05) is 6.04 Å². The number of methoxy groups -OCH3 is 1. The summed E-state index contributed by atoms with van der Waals surface area (Å²) in [6, 6.07) is 6.35. The molecule has 96 valence electrons. The number of halogens is 1. The average Bonchev–Trinajstić information content (AvgIpc) is 2.29. The van der Waals surface area contributed by atoms with E-state index >= 15 is 0 Å². The first-order valence-electron chi connectivity index (χ1n) is 6.09. The summed E-state index contributed by atoms with van der Waals surface area (Å²) in [5, 5.41) is 4.01. The second-order valence-corrected chi connectivity index (χ2v) is 5.11. The molecular formula is C14H22ClNO.